The molecule has 2 heterocycles. The van der Waals surface area contributed by atoms with Crippen molar-refractivity contribution < 1.29 is 13.9 Å². The summed E-state index contributed by atoms with van der Waals surface area (Å²) >= 11 is 0. The Morgan fingerprint density at radius 1 is 1.17 bits per heavy atom. The van der Waals surface area contributed by atoms with Gasteiger partial charge in [0.25, 0.3) is 0 Å². The average molecular weight is 420 g/mol. The van der Waals surface area contributed by atoms with E-state index in [4.69, 9.17) is 9.47 Å². The number of halogens is 1. The Kier molecular flexibility index (Phi) is 6.32. The molecule has 1 saturated carbocycles. The number of likely N-dealkylation sites (tertiary alicyclic amines) is 1. The van der Waals surface area contributed by atoms with Crippen LogP contribution < -0.4 is 5.69 Å². The van der Waals surface area contributed by atoms with Gasteiger partial charge in [0.2, 0.25) is 0 Å². The van der Waals surface area contributed by atoms with E-state index in [1.807, 2.05) is 4.57 Å². The standard InChI is InChI=1S/C23H34FN3O3/c1-16-14-21-20(15-19(16)24)25-22(28)27(21)17-6-10-26(11-7-17)23(2)8-4-18(5-9-23)30-13-12-29-3/h14-15,17-18H,4-13H2,1-3H3,(H,25,28)/t18-,23-. The highest BCUT2D eigenvalue weighted by atomic mass is 19.1. The number of aryl methyl sites for hydroxylation is 1. The number of benzene rings is 1. The van der Waals surface area contributed by atoms with E-state index in [1.165, 1.54) is 6.07 Å². The summed E-state index contributed by atoms with van der Waals surface area (Å²) in [5.74, 6) is -0.277. The summed E-state index contributed by atoms with van der Waals surface area (Å²) in [6.07, 6.45) is 6.68. The summed E-state index contributed by atoms with van der Waals surface area (Å²) in [5, 5.41) is 0. The lowest BCUT2D eigenvalue weighted by Crippen LogP contribution is -2.53. The number of rotatable bonds is 6. The number of aromatic amines is 1. The number of imidazole rings is 1. The number of nitrogens with zero attached hydrogens (tertiary/aromatic N) is 2. The van der Waals surface area contributed by atoms with Crippen LogP contribution in [-0.2, 0) is 9.47 Å². The van der Waals surface area contributed by atoms with E-state index in [0.717, 1.165) is 57.1 Å². The molecule has 2 aromatic rings. The zero-order chi connectivity index (χ0) is 21.3. The van der Waals surface area contributed by atoms with E-state index >= 15 is 0 Å². The molecule has 4 rings (SSSR count). The second-order valence-electron chi connectivity index (χ2n) is 9.20. The fraction of sp³-hybridized carbons (Fsp3) is 0.696. The van der Waals surface area contributed by atoms with Crippen LogP contribution in [0.1, 0.15) is 57.1 Å². The molecule has 0 radical (unpaired) electrons. The maximum Gasteiger partial charge on any atom is 0.326 e. The third-order valence-corrected chi connectivity index (χ3v) is 7.24. The lowest BCUT2D eigenvalue weighted by atomic mass is 9.79. The molecule has 1 N–H and O–H groups in total. The minimum Gasteiger partial charge on any atom is -0.382 e. The molecular weight excluding hydrogens is 385 g/mol. The third-order valence-electron chi connectivity index (χ3n) is 7.24. The molecule has 1 aromatic heterocycles. The maximum absolute atomic E-state index is 13.9. The molecule has 6 nitrogen and oxygen atoms in total. The van der Waals surface area contributed by atoms with Gasteiger partial charge in [0.1, 0.15) is 5.82 Å². The molecule has 0 amide bonds. The van der Waals surface area contributed by atoms with Crippen molar-refractivity contribution >= 4 is 11.0 Å². The van der Waals surface area contributed by atoms with Gasteiger partial charge >= 0.3 is 5.69 Å². The maximum atomic E-state index is 13.9. The van der Waals surface area contributed by atoms with E-state index in [1.54, 1.807) is 20.1 Å². The number of hydrogen-bond acceptors (Lipinski definition) is 4. The van der Waals surface area contributed by atoms with E-state index < -0.39 is 0 Å². The Labute approximate surface area is 177 Å². The second kappa shape index (κ2) is 8.81. The Morgan fingerprint density at radius 2 is 1.87 bits per heavy atom. The number of piperidine rings is 1. The highest BCUT2D eigenvalue weighted by molar-refractivity contribution is 5.76. The molecule has 7 heteroatoms. The first-order chi connectivity index (χ1) is 14.4. The molecule has 2 fully saturated rings. The average Bonchev–Trinajstić information content (AvgIpc) is 3.05. The van der Waals surface area contributed by atoms with Crippen molar-refractivity contribution in [2.24, 2.45) is 0 Å². The predicted molar refractivity (Wildman–Crippen MR) is 116 cm³/mol. The summed E-state index contributed by atoms with van der Waals surface area (Å²) in [4.78, 5) is 18.0. The number of ether oxygens (including phenoxy) is 2. The Morgan fingerprint density at radius 3 is 2.53 bits per heavy atom. The number of hydrogen-bond donors (Lipinski definition) is 1. The summed E-state index contributed by atoms with van der Waals surface area (Å²) in [6, 6.07) is 3.39. The van der Waals surface area contributed by atoms with Crippen molar-refractivity contribution in [3.05, 3.63) is 34.0 Å². The van der Waals surface area contributed by atoms with Gasteiger partial charge in [-0.25, -0.2) is 9.18 Å². The van der Waals surface area contributed by atoms with Crippen LogP contribution >= 0.6 is 0 Å². The van der Waals surface area contributed by atoms with Gasteiger partial charge in [0.05, 0.1) is 30.4 Å². The molecule has 0 spiro atoms. The number of aromatic nitrogens is 2. The monoisotopic (exact) mass is 419 g/mol. The Balaban J connectivity index is 1.39. The second-order valence-corrected chi connectivity index (χ2v) is 9.20. The summed E-state index contributed by atoms with van der Waals surface area (Å²) in [6.45, 7) is 7.41. The van der Waals surface area contributed by atoms with Gasteiger partial charge in [0, 0.05) is 31.8 Å². The quantitative estimate of drug-likeness (QED) is 0.724. The zero-order valence-electron chi connectivity index (χ0n) is 18.4. The van der Waals surface area contributed by atoms with Crippen LogP contribution in [0.5, 0.6) is 0 Å². The Bertz CT molecular complexity index is 922. The topological polar surface area (TPSA) is 59.5 Å². The lowest BCUT2D eigenvalue weighted by molar-refractivity contribution is -0.0419. The molecule has 2 aliphatic rings. The SMILES string of the molecule is COCCO[C@H]1CC[C@](C)(N2CCC(n3c(=O)[nH]c4cc(F)c(C)cc43)CC2)CC1. The number of methoxy groups -OCH3 is 1. The number of fused-ring (bicyclic) bond motifs is 1. The fourth-order valence-corrected chi connectivity index (χ4v) is 5.27. The molecule has 0 bridgehead atoms. The van der Waals surface area contributed by atoms with Gasteiger partial charge in [-0.2, -0.15) is 0 Å². The van der Waals surface area contributed by atoms with Crippen molar-refractivity contribution in [3.63, 3.8) is 0 Å². The first kappa shape index (κ1) is 21.5. The van der Waals surface area contributed by atoms with Crippen LogP contribution in [0.4, 0.5) is 4.39 Å². The molecule has 1 aromatic carbocycles. The summed E-state index contributed by atoms with van der Waals surface area (Å²) in [5.41, 5.74) is 2.05. The van der Waals surface area contributed by atoms with Crippen molar-refractivity contribution in [1.29, 1.82) is 0 Å². The summed E-state index contributed by atoms with van der Waals surface area (Å²) in [7, 11) is 1.70. The largest absolute Gasteiger partial charge is 0.382 e. The fourth-order valence-electron chi connectivity index (χ4n) is 5.27. The summed E-state index contributed by atoms with van der Waals surface area (Å²) < 4.78 is 26.8. The lowest BCUT2D eigenvalue weighted by Gasteiger charge is -2.48. The van der Waals surface area contributed by atoms with Crippen molar-refractivity contribution in [2.75, 3.05) is 33.4 Å². The van der Waals surface area contributed by atoms with Crippen LogP contribution in [-0.4, -0.2) is 59.5 Å². The predicted octanol–water partition coefficient (Wildman–Crippen LogP) is 3.78. The molecule has 166 valence electrons. The van der Waals surface area contributed by atoms with E-state index in [0.29, 0.717) is 30.4 Å². The number of nitrogens with one attached hydrogen (secondary N) is 1. The van der Waals surface area contributed by atoms with Gasteiger partial charge < -0.3 is 14.5 Å². The van der Waals surface area contributed by atoms with Crippen molar-refractivity contribution in [3.8, 4) is 0 Å². The highest BCUT2D eigenvalue weighted by Crippen LogP contribution is 2.38. The van der Waals surface area contributed by atoms with Crippen molar-refractivity contribution in [2.45, 2.75) is 70.1 Å². The van der Waals surface area contributed by atoms with Crippen LogP contribution in [0.15, 0.2) is 16.9 Å². The molecule has 1 saturated heterocycles. The smallest absolute Gasteiger partial charge is 0.326 e. The third kappa shape index (κ3) is 4.20. The molecular formula is C23H34FN3O3. The molecule has 30 heavy (non-hydrogen) atoms. The van der Waals surface area contributed by atoms with Crippen LogP contribution in [0, 0.1) is 12.7 Å². The van der Waals surface area contributed by atoms with Crippen LogP contribution in [0.2, 0.25) is 0 Å². The molecule has 0 atom stereocenters. The number of H-pyrrole nitrogens is 1. The van der Waals surface area contributed by atoms with E-state index in [9.17, 15) is 9.18 Å². The minimum absolute atomic E-state index is 0.131. The van der Waals surface area contributed by atoms with E-state index in [-0.39, 0.29) is 23.1 Å². The molecule has 1 aliphatic carbocycles. The van der Waals surface area contributed by atoms with Crippen molar-refractivity contribution in [1.82, 2.24) is 14.5 Å². The first-order valence-corrected chi connectivity index (χ1v) is 11.2. The van der Waals surface area contributed by atoms with Gasteiger partial charge in [-0.05, 0) is 70.1 Å². The normalized spacial score (nSPS) is 26.5. The zero-order valence-corrected chi connectivity index (χ0v) is 18.4. The van der Waals surface area contributed by atoms with Gasteiger partial charge in [-0.1, -0.05) is 0 Å². The van der Waals surface area contributed by atoms with Gasteiger partial charge in [-0.15, -0.1) is 0 Å². The van der Waals surface area contributed by atoms with Gasteiger partial charge in [0.15, 0.2) is 0 Å². The molecule has 0 unspecified atom stereocenters. The van der Waals surface area contributed by atoms with Gasteiger partial charge in [-0.3, -0.25) is 9.47 Å². The highest BCUT2D eigenvalue weighted by Gasteiger charge is 2.38. The molecule has 1 aliphatic heterocycles. The van der Waals surface area contributed by atoms with E-state index in [2.05, 4.69) is 16.8 Å². The first-order valence-electron chi connectivity index (χ1n) is 11.2. The Hall–Kier alpha value is -1.70. The van der Waals surface area contributed by atoms with Crippen LogP contribution in [0.25, 0.3) is 11.0 Å². The van der Waals surface area contributed by atoms with Crippen LogP contribution in [0.3, 0.4) is 0 Å². The minimum atomic E-state index is -0.277.